The molecular weight excluding hydrogens is 336 g/mol. The summed E-state index contributed by atoms with van der Waals surface area (Å²) < 4.78 is 15.4. The van der Waals surface area contributed by atoms with Gasteiger partial charge in [-0.1, -0.05) is 23.7 Å². The van der Waals surface area contributed by atoms with E-state index in [1.807, 2.05) is 18.2 Å². The van der Waals surface area contributed by atoms with Crippen molar-refractivity contribution in [3.63, 3.8) is 0 Å². The zero-order valence-electron chi connectivity index (χ0n) is 12.6. The van der Waals surface area contributed by atoms with Crippen molar-refractivity contribution in [3.8, 4) is 11.5 Å². The fourth-order valence-corrected chi connectivity index (χ4v) is 2.40. The maximum absolute atomic E-state index is 10.7. The Kier molecular flexibility index (Phi) is 4.43. The molecule has 0 aliphatic carbocycles. The number of oxazole rings is 1. The third-order valence-electron chi connectivity index (χ3n) is 3.19. The van der Waals surface area contributed by atoms with Gasteiger partial charge in [0, 0.05) is 23.7 Å². The maximum atomic E-state index is 10.7. The first-order chi connectivity index (χ1) is 11.5. The highest BCUT2D eigenvalue weighted by molar-refractivity contribution is 6.30. The first-order valence-electron chi connectivity index (χ1n) is 6.93. The van der Waals surface area contributed by atoms with Crippen LogP contribution < -0.4 is 14.8 Å². The van der Waals surface area contributed by atoms with Crippen molar-refractivity contribution >= 4 is 34.9 Å². The van der Waals surface area contributed by atoms with E-state index in [1.165, 1.54) is 19.2 Å². The predicted octanol–water partition coefficient (Wildman–Crippen LogP) is 4.16. The molecule has 8 heteroatoms. The Morgan fingerprint density at radius 1 is 1.38 bits per heavy atom. The van der Waals surface area contributed by atoms with Crippen LogP contribution in [0.2, 0.25) is 5.02 Å². The zero-order chi connectivity index (χ0) is 17.1. The molecule has 2 N–H and O–H groups in total. The van der Waals surface area contributed by atoms with Gasteiger partial charge in [0.05, 0.1) is 7.11 Å². The van der Waals surface area contributed by atoms with Crippen LogP contribution in [0.3, 0.4) is 0 Å². The minimum Gasteiger partial charge on any atom is -0.493 e. The highest BCUT2D eigenvalue weighted by atomic mass is 35.5. The van der Waals surface area contributed by atoms with Crippen molar-refractivity contribution in [2.24, 2.45) is 0 Å². The van der Waals surface area contributed by atoms with E-state index in [0.29, 0.717) is 28.4 Å². The van der Waals surface area contributed by atoms with Gasteiger partial charge < -0.3 is 24.3 Å². The summed E-state index contributed by atoms with van der Waals surface area (Å²) in [6, 6.07) is 10.5. The number of hydrogen-bond donors (Lipinski definition) is 2. The molecule has 2 aromatic carbocycles. The zero-order valence-corrected chi connectivity index (χ0v) is 13.3. The summed E-state index contributed by atoms with van der Waals surface area (Å²) in [7, 11) is 1.45. The van der Waals surface area contributed by atoms with Crippen LogP contribution in [0.4, 0.5) is 10.8 Å². The third kappa shape index (κ3) is 3.52. The number of carbonyl (C=O) groups is 1. The van der Waals surface area contributed by atoms with Gasteiger partial charge in [-0.15, -0.1) is 0 Å². The molecule has 7 nitrogen and oxygen atoms in total. The van der Waals surface area contributed by atoms with Crippen molar-refractivity contribution in [2.75, 3.05) is 12.4 Å². The smallest absolute Gasteiger partial charge is 0.493 e. The molecule has 0 atom stereocenters. The lowest BCUT2D eigenvalue weighted by Crippen LogP contribution is -2.03. The number of ether oxygens (including phenoxy) is 2. The molecule has 0 fully saturated rings. The second-order valence-corrected chi connectivity index (χ2v) is 5.28. The predicted molar refractivity (Wildman–Crippen MR) is 88.0 cm³/mol. The van der Waals surface area contributed by atoms with Crippen molar-refractivity contribution in [2.45, 2.75) is 6.54 Å². The molecule has 1 heterocycles. The van der Waals surface area contributed by atoms with E-state index in [0.717, 1.165) is 5.56 Å². The fourth-order valence-electron chi connectivity index (χ4n) is 2.19. The second kappa shape index (κ2) is 6.67. The molecule has 0 saturated heterocycles. The Labute approximate surface area is 141 Å². The Hall–Kier alpha value is -2.93. The van der Waals surface area contributed by atoms with E-state index in [2.05, 4.69) is 15.0 Å². The van der Waals surface area contributed by atoms with Gasteiger partial charge >= 0.3 is 6.16 Å². The third-order valence-corrected chi connectivity index (χ3v) is 3.42. The van der Waals surface area contributed by atoms with E-state index < -0.39 is 6.16 Å². The van der Waals surface area contributed by atoms with Crippen LogP contribution in [0.25, 0.3) is 11.1 Å². The number of benzene rings is 2. The van der Waals surface area contributed by atoms with Crippen LogP contribution in [-0.2, 0) is 6.54 Å². The maximum Gasteiger partial charge on any atom is 0.511 e. The summed E-state index contributed by atoms with van der Waals surface area (Å²) >= 11 is 5.94. The number of hydrogen-bond acceptors (Lipinski definition) is 6. The second-order valence-electron chi connectivity index (χ2n) is 4.84. The number of halogens is 1. The monoisotopic (exact) mass is 348 g/mol. The lowest BCUT2D eigenvalue weighted by molar-refractivity contribution is 0.144. The molecule has 1 aromatic heterocycles. The molecule has 0 aliphatic heterocycles. The first kappa shape index (κ1) is 15.9. The molecule has 3 aromatic rings. The number of carboxylic acid groups (broad SMARTS) is 1. The minimum absolute atomic E-state index is 0.0986. The number of nitrogens with zero attached hydrogens (tertiary/aromatic N) is 1. The first-order valence-corrected chi connectivity index (χ1v) is 7.30. The van der Waals surface area contributed by atoms with Crippen molar-refractivity contribution in [3.05, 3.63) is 47.0 Å². The molecule has 124 valence electrons. The van der Waals surface area contributed by atoms with Crippen LogP contribution in [0.5, 0.6) is 11.5 Å². The normalized spacial score (nSPS) is 10.6. The summed E-state index contributed by atoms with van der Waals surface area (Å²) in [4.78, 5) is 14.9. The van der Waals surface area contributed by atoms with Crippen molar-refractivity contribution in [1.29, 1.82) is 0 Å². The summed E-state index contributed by atoms with van der Waals surface area (Å²) in [5, 5.41) is 12.4. The van der Waals surface area contributed by atoms with Gasteiger partial charge in [-0.25, -0.2) is 4.79 Å². The largest absolute Gasteiger partial charge is 0.511 e. The molecular formula is C16H13ClN2O5. The van der Waals surface area contributed by atoms with Gasteiger partial charge in [-0.2, -0.15) is 4.98 Å². The molecule has 0 unspecified atom stereocenters. The Balaban J connectivity index is 1.85. The molecule has 0 spiro atoms. The van der Waals surface area contributed by atoms with Gasteiger partial charge in [0.15, 0.2) is 11.3 Å². The highest BCUT2D eigenvalue weighted by Crippen LogP contribution is 2.33. The number of anilines is 1. The molecule has 0 radical (unpaired) electrons. The van der Waals surface area contributed by atoms with Crippen LogP contribution >= 0.6 is 11.6 Å². The van der Waals surface area contributed by atoms with E-state index in [4.69, 9.17) is 25.9 Å². The number of nitrogens with one attached hydrogen (secondary N) is 1. The van der Waals surface area contributed by atoms with Crippen LogP contribution in [0, 0.1) is 0 Å². The lowest BCUT2D eigenvalue weighted by atomic mass is 10.2. The fraction of sp³-hybridized carbons (Fsp3) is 0.125. The minimum atomic E-state index is -1.42. The number of methoxy groups -OCH3 is 1. The van der Waals surface area contributed by atoms with E-state index in [9.17, 15) is 4.79 Å². The van der Waals surface area contributed by atoms with Gasteiger partial charge in [0.2, 0.25) is 0 Å². The molecule has 24 heavy (non-hydrogen) atoms. The molecule has 0 bridgehead atoms. The summed E-state index contributed by atoms with van der Waals surface area (Å²) in [5.74, 6) is 0.425. The Morgan fingerprint density at radius 3 is 2.92 bits per heavy atom. The van der Waals surface area contributed by atoms with Crippen molar-refractivity contribution < 1.29 is 23.8 Å². The highest BCUT2D eigenvalue weighted by Gasteiger charge is 2.15. The number of fused-ring (bicyclic) bond motifs is 1. The molecule has 3 rings (SSSR count). The van der Waals surface area contributed by atoms with Gasteiger partial charge in [0.25, 0.3) is 6.01 Å². The topological polar surface area (TPSA) is 93.8 Å². The van der Waals surface area contributed by atoms with Gasteiger partial charge in [0.1, 0.15) is 11.3 Å². The Bertz CT molecular complexity index is 893. The quantitative estimate of drug-likeness (QED) is 0.528. The SMILES string of the molecule is COc1cc(OC(=O)O)cc2nc(NCc3cccc(Cl)c3)oc12. The Morgan fingerprint density at radius 2 is 2.21 bits per heavy atom. The molecule has 0 amide bonds. The van der Waals surface area contributed by atoms with Crippen LogP contribution in [0.1, 0.15) is 5.56 Å². The van der Waals surface area contributed by atoms with Gasteiger partial charge in [-0.05, 0) is 17.7 Å². The molecule has 0 saturated carbocycles. The standard InChI is InChI=1S/C16H13ClN2O5/c1-22-13-7-11(23-16(20)21)6-12-14(13)24-15(19-12)18-8-9-3-2-4-10(17)5-9/h2-7H,8H2,1H3,(H,18,19)(H,20,21). The average Bonchev–Trinajstić information content (AvgIpc) is 2.94. The lowest BCUT2D eigenvalue weighted by Gasteiger charge is -2.03. The number of rotatable bonds is 5. The summed E-state index contributed by atoms with van der Waals surface area (Å²) in [6.07, 6.45) is -1.42. The van der Waals surface area contributed by atoms with E-state index >= 15 is 0 Å². The average molecular weight is 349 g/mol. The van der Waals surface area contributed by atoms with Crippen molar-refractivity contribution in [1.82, 2.24) is 4.98 Å². The van der Waals surface area contributed by atoms with Crippen LogP contribution in [0.15, 0.2) is 40.8 Å². The van der Waals surface area contributed by atoms with E-state index in [-0.39, 0.29) is 11.8 Å². The summed E-state index contributed by atoms with van der Waals surface area (Å²) in [5.41, 5.74) is 1.77. The number of aromatic nitrogens is 1. The van der Waals surface area contributed by atoms with Crippen LogP contribution in [-0.4, -0.2) is 23.4 Å². The summed E-state index contributed by atoms with van der Waals surface area (Å²) in [6.45, 7) is 0.466. The van der Waals surface area contributed by atoms with Gasteiger partial charge in [-0.3, -0.25) is 0 Å². The molecule has 0 aliphatic rings. The van der Waals surface area contributed by atoms with E-state index in [1.54, 1.807) is 6.07 Å².